The molecular formula is C15H15NOS3. The molecule has 2 heterocycles. The second kappa shape index (κ2) is 4.90. The average molecular weight is 321 g/mol. The molecule has 1 aromatic rings. The van der Waals surface area contributed by atoms with Crippen LogP contribution in [0.5, 0.6) is 0 Å². The van der Waals surface area contributed by atoms with Crippen molar-refractivity contribution >= 4 is 46.6 Å². The van der Waals surface area contributed by atoms with Crippen LogP contribution in [0.4, 0.5) is 0 Å². The number of amides is 1. The van der Waals surface area contributed by atoms with E-state index in [0.717, 1.165) is 9.81 Å². The lowest BCUT2D eigenvalue weighted by atomic mass is 9.87. The fourth-order valence-corrected chi connectivity index (χ4v) is 4.95. The fourth-order valence-electron chi connectivity index (χ4n) is 2.13. The number of hydrogen-bond donors (Lipinski definition) is 1. The SMILES string of the molecule is CC(C)(C)c1ccc2c(c1)S/C(=C1\CC(=S)NC1=O)S2. The zero-order valence-corrected chi connectivity index (χ0v) is 14.0. The molecule has 20 heavy (non-hydrogen) atoms. The summed E-state index contributed by atoms with van der Waals surface area (Å²) >= 11 is 8.45. The molecule has 5 heteroatoms. The average Bonchev–Trinajstić information content (AvgIpc) is 2.89. The number of thioether (sulfide) groups is 2. The lowest BCUT2D eigenvalue weighted by Crippen LogP contribution is -2.18. The summed E-state index contributed by atoms with van der Waals surface area (Å²) in [6.07, 6.45) is 0.573. The van der Waals surface area contributed by atoms with Gasteiger partial charge in [-0.1, -0.05) is 62.6 Å². The topological polar surface area (TPSA) is 29.1 Å². The quantitative estimate of drug-likeness (QED) is 0.571. The summed E-state index contributed by atoms with van der Waals surface area (Å²) in [6, 6.07) is 6.58. The Bertz CT molecular complexity index is 656. The molecule has 1 amide bonds. The van der Waals surface area contributed by atoms with Gasteiger partial charge in [0.25, 0.3) is 5.91 Å². The molecule has 2 nitrogen and oxygen atoms in total. The number of carbonyl (C=O) groups excluding carboxylic acids is 1. The van der Waals surface area contributed by atoms with Crippen LogP contribution in [0, 0.1) is 0 Å². The van der Waals surface area contributed by atoms with E-state index < -0.39 is 0 Å². The van der Waals surface area contributed by atoms with Crippen LogP contribution < -0.4 is 5.32 Å². The van der Waals surface area contributed by atoms with E-state index >= 15 is 0 Å². The third kappa shape index (κ3) is 2.54. The molecule has 1 fully saturated rings. The maximum atomic E-state index is 11.9. The first kappa shape index (κ1) is 14.2. The Morgan fingerprint density at radius 2 is 1.90 bits per heavy atom. The van der Waals surface area contributed by atoms with E-state index in [4.69, 9.17) is 12.2 Å². The van der Waals surface area contributed by atoms with Crippen molar-refractivity contribution in [2.24, 2.45) is 0 Å². The summed E-state index contributed by atoms with van der Waals surface area (Å²) in [7, 11) is 0. The first-order valence-corrected chi connectivity index (χ1v) is 8.46. The third-order valence-electron chi connectivity index (χ3n) is 3.33. The van der Waals surface area contributed by atoms with Crippen LogP contribution in [-0.4, -0.2) is 10.9 Å². The van der Waals surface area contributed by atoms with Crippen LogP contribution in [0.1, 0.15) is 32.8 Å². The fraction of sp³-hybridized carbons (Fsp3) is 0.333. The largest absolute Gasteiger partial charge is 0.316 e. The van der Waals surface area contributed by atoms with Crippen molar-refractivity contribution in [1.82, 2.24) is 5.32 Å². The first-order chi connectivity index (χ1) is 9.34. The molecule has 0 bridgehead atoms. The van der Waals surface area contributed by atoms with Crippen LogP contribution in [0.25, 0.3) is 0 Å². The van der Waals surface area contributed by atoms with E-state index in [2.05, 4.69) is 44.3 Å². The number of fused-ring (bicyclic) bond motifs is 1. The second-order valence-corrected chi connectivity index (χ2v) is 8.79. The maximum Gasteiger partial charge on any atom is 0.254 e. The molecule has 0 aliphatic carbocycles. The molecule has 1 N–H and O–H groups in total. The third-order valence-corrected chi connectivity index (χ3v) is 6.20. The number of carbonyl (C=O) groups is 1. The summed E-state index contributed by atoms with van der Waals surface area (Å²) in [5.74, 6) is -0.0335. The molecule has 0 spiro atoms. The Morgan fingerprint density at radius 1 is 1.20 bits per heavy atom. The Balaban J connectivity index is 1.95. The molecule has 0 unspecified atom stereocenters. The van der Waals surface area contributed by atoms with Gasteiger partial charge in [-0.25, -0.2) is 0 Å². The molecule has 1 aromatic carbocycles. The highest BCUT2D eigenvalue weighted by atomic mass is 32.2. The minimum Gasteiger partial charge on any atom is -0.316 e. The van der Waals surface area contributed by atoms with Gasteiger partial charge >= 0.3 is 0 Å². The van der Waals surface area contributed by atoms with Crippen molar-refractivity contribution in [3.8, 4) is 0 Å². The zero-order valence-electron chi connectivity index (χ0n) is 11.6. The summed E-state index contributed by atoms with van der Waals surface area (Å²) < 4.78 is 1.07. The van der Waals surface area contributed by atoms with E-state index in [9.17, 15) is 4.79 Å². The highest BCUT2D eigenvalue weighted by Crippen LogP contribution is 2.53. The smallest absolute Gasteiger partial charge is 0.254 e. The number of benzene rings is 1. The molecular weight excluding hydrogens is 306 g/mol. The standard InChI is InChI=1S/C15H15NOS3/c1-15(2,3)8-4-5-10-11(6-8)20-14(19-10)9-7-12(18)16-13(9)17/h4-6H,7H2,1-3H3,(H,16,17,18)/b14-9+. The minimum absolute atomic E-state index is 0.0335. The Hall–Kier alpha value is -0.780. The molecule has 0 radical (unpaired) electrons. The van der Waals surface area contributed by atoms with E-state index in [0.29, 0.717) is 11.4 Å². The molecule has 0 aromatic heterocycles. The summed E-state index contributed by atoms with van der Waals surface area (Å²) in [4.78, 5) is 15.0. The van der Waals surface area contributed by atoms with E-state index in [-0.39, 0.29) is 11.3 Å². The van der Waals surface area contributed by atoms with Gasteiger partial charge in [-0.3, -0.25) is 4.79 Å². The Kier molecular flexibility index (Phi) is 3.47. The van der Waals surface area contributed by atoms with Crippen molar-refractivity contribution in [3.63, 3.8) is 0 Å². The highest BCUT2D eigenvalue weighted by Gasteiger charge is 2.30. The molecule has 0 saturated carbocycles. The number of hydrogen-bond acceptors (Lipinski definition) is 4. The normalized spacial score (nSPS) is 22.1. The number of rotatable bonds is 0. The predicted octanol–water partition coefficient (Wildman–Crippen LogP) is 4.24. The van der Waals surface area contributed by atoms with Crippen LogP contribution in [0.3, 0.4) is 0 Å². The van der Waals surface area contributed by atoms with Crippen molar-refractivity contribution in [2.75, 3.05) is 0 Å². The lowest BCUT2D eigenvalue weighted by Gasteiger charge is -2.19. The summed E-state index contributed by atoms with van der Waals surface area (Å²) in [5, 5.41) is 2.71. The van der Waals surface area contributed by atoms with E-state index in [1.165, 1.54) is 15.4 Å². The molecule has 2 aliphatic heterocycles. The van der Waals surface area contributed by atoms with Crippen LogP contribution in [0.2, 0.25) is 0 Å². The van der Waals surface area contributed by atoms with Crippen LogP contribution >= 0.6 is 35.7 Å². The molecule has 3 rings (SSSR count). The van der Waals surface area contributed by atoms with Gasteiger partial charge in [-0.15, -0.1) is 0 Å². The summed E-state index contributed by atoms with van der Waals surface area (Å²) in [5.41, 5.74) is 2.28. The minimum atomic E-state index is -0.0335. The molecule has 0 atom stereocenters. The van der Waals surface area contributed by atoms with Gasteiger partial charge in [0, 0.05) is 21.8 Å². The Morgan fingerprint density at radius 3 is 2.50 bits per heavy atom. The molecule has 2 aliphatic rings. The zero-order chi connectivity index (χ0) is 14.5. The highest BCUT2D eigenvalue weighted by molar-refractivity contribution is 8.24. The number of nitrogens with one attached hydrogen (secondary N) is 1. The van der Waals surface area contributed by atoms with Crippen molar-refractivity contribution in [1.29, 1.82) is 0 Å². The van der Waals surface area contributed by atoms with Gasteiger partial charge in [0.15, 0.2) is 0 Å². The lowest BCUT2D eigenvalue weighted by molar-refractivity contribution is -0.115. The van der Waals surface area contributed by atoms with Gasteiger partial charge in [-0.2, -0.15) is 0 Å². The maximum absolute atomic E-state index is 11.9. The first-order valence-electron chi connectivity index (χ1n) is 6.42. The van der Waals surface area contributed by atoms with Gasteiger partial charge in [-0.05, 0) is 23.1 Å². The van der Waals surface area contributed by atoms with E-state index in [1.807, 2.05) is 0 Å². The second-order valence-electron chi connectivity index (χ2n) is 5.94. The van der Waals surface area contributed by atoms with Gasteiger partial charge in [0.2, 0.25) is 0 Å². The Labute approximate surface area is 132 Å². The summed E-state index contributed by atoms with van der Waals surface area (Å²) in [6.45, 7) is 6.64. The van der Waals surface area contributed by atoms with Crippen molar-refractivity contribution < 1.29 is 4.79 Å². The molecule has 104 valence electrons. The number of thiocarbonyl (C=S) groups is 1. The van der Waals surface area contributed by atoms with Crippen molar-refractivity contribution in [3.05, 3.63) is 33.6 Å². The van der Waals surface area contributed by atoms with Crippen molar-refractivity contribution in [2.45, 2.75) is 42.4 Å². The van der Waals surface area contributed by atoms with Crippen LogP contribution in [-0.2, 0) is 10.2 Å². The van der Waals surface area contributed by atoms with Gasteiger partial charge in [0.05, 0.1) is 9.23 Å². The predicted molar refractivity (Wildman–Crippen MR) is 89.2 cm³/mol. The monoisotopic (exact) mass is 321 g/mol. The van der Waals surface area contributed by atoms with Crippen LogP contribution in [0.15, 0.2) is 37.8 Å². The molecule has 1 saturated heterocycles. The van der Waals surface area contributed by atoms with Gasteiger partial charge < -0.3 is 5.32 Å². The van der Waals surface area contributed by atoms with E-state index in [1.54, 1.807) is 23.5 Å². The van der Waals surface area contributed by atoms with Gasteiger partial charge in [0.1, 0.15) is 0 Å².